The Hall–Kier alpha value is -2.86. The molecule has 3 aromatic rings. The second-order valence-corrected chi connectivity index (χ2v) is 6.85. The molecule has 0 fully saturated rings. The van der Waals surface area contributed by atoms with Crippen LogP contribution in [0, 0.1) is 13.8 Å². The number of allylic oxidation sites excluding steroid dienone is 4. The Kier molecular flexibility index (Phi) is 5.23. The van der Waals surface area contributed by atoms with Crippen molar-refractivity contribution >= 4 is 22.4 Å². The van der Waals surface area contributed by atoms with E-state index in [1.165, 1.54) is 49.7 Å². The molecule has 0 saturated heterocycles. The summed E-state index contributed by atoms with van der Waals surface area (Å²) < 4.78 is 0. The van der Waals surface area contributed by atoms with Crippen LogP contribution in [0.1, 0.15) is 36.1 Å². The van der Waals surface area contributed by atoms with Gasteiger partial charge in [0.1, 0.15) is 0 Å². The Morgan fingerprint density at radius 2 is 1.69 bits per heavy atom. The van der Waals surface area contributed by atoms with Crippen LogP contribution in [0.25, 0.3) is 33.5 Å². The predicted molar refractivity (Wildman–Crippen MR) is 117 cm³/mol. The zero-order valence-electron chi connectivity index (χ0n) is 16.1. The summed E-state index contributed by atoms with van der Waals surface area (Å²) in [6.45, 7) is 12.4. The average Bonchev–Trinajstić information content (AvgIpc) is 2.63. The highest BCUT2D eigenvalue weighted by Gasteiger charge is 2.09. The molecule has 0 nitrogen and oxygen atoms in total. The fourth-order valence-corrected chi connectivity index (χ4v) is 3.63. The Morgan fingerprint density at radius 1 is 0.923 bits per heavy atom. The summed E-state index contributed by atoms with van der Waals surface area (Å²) in [6.07, 6.45) is 8.17. The van der Waals surface area contributed by atoms with E-state index in [1.807, 2.05) is 6.08 Å². The lowest BCUT2D eigenvalue weighted by atomic mass is 9.91. The Bertz CT molecular complexity index is 1030. The van der Waals surface area contributed by atoms with Gasteiger partial charge in [0.15, 0.2) is 0 Å². The van der Waals surface area contributed by atoms with Gasteiger partial charge in [-0.15, -0.1) is 0 Å². The van der Waals surface area contributed by atoms with Crippen LogP contribution >= 0.6 is 0 Å². The summed E-state index contributed by atoms with van der Waals surface area (Å²) in [5.74, 6) is 0. The van der Waals surface area contributed by atoms with Gasteiger partial charge in [-0.2, -0.15) is 0 Å². The van der Waals surface area contributed by atoms with Gasteiger partial charge in [-0.05, 0) is 83.5 Å². The molecular weight excluding hydrogens is 312 g/mol. The van der Waals surface area contributed by atoms with E-state index in [9.17, 15) is 0 Å². The number of rotatable bonds is 4. The molecule has 0 heteroatoms. The van der Waals surface area contributed by atoms with E-state index >= 15 is 0 Å². The Labute approximate surface area is 157 Å². The SMILES string of the molecule is C=CC=C(C)c1cccc2cc(-c3ccc(C=CC)c(C)c3)cc(C)c12. The molecule has 130 valence electrons. The maximum atomic E-state index is 3.83. The number of aryl methyl sites for hydroxylation is 2. The van der Waals surface area contributed by atoms with Crippen LogP contribution < -0.4 is 0 Å². The van der Waals surface area contributed by atoms with Crippen LogP contribution in [-0.2, 0) is 0 Å². The van der Waals surface area contributed by atoms with Crippen molar-refractivity contribution in [2.45, 2.75) is 27.7 Å². The van der Waals surface area contributed by atoms with Crippen LogP contribution in [-0.4, -0.2) is 0 Å². The van der Waals surface area contributed by atoms with Crippen molar-refractivity contribution in [3.8, 4) is 11.1 Å². The highest BCUT2D eigenvalue weighted by atomic mass is 14.1. The molecule has 0 amide bonds. The first-order chi connectivity index (χ1) is 12.5. The lowest BCUT2D eigenvalue weighted by molar-refractivity contribution is 1.43. The molecule has 0 aliphatic carbocycles. The van der Waals surface area contributed by atoms with Crippen molar-refractivity contribution in [3.63, 3.8) is 0 Å². The van der Waals surface area contributed by atoms with Crippen molar-refractivity contribution in [1.29, 1.82) is 0 Å². The second kappa shape index (κ2) is 7.58. The van der Waals surface area contributed by atoms with Gasteiger partial charge in [0, 0.05) is 0 Å². The topological polar surface area (TPSA) is 0 Å². The van der Waals surface area contributed by atoms with Gasteiger partial charge in [-0.25, -0.2) is 0 Å². The van der Waals surface area contributed by atoms with Crippen LogP contribution in [0.4, 0.5) is 0 Å². The first-order valence-corrected chi connectivity index (χ1v) is 9.12. The van der Waals surface area contributed by atoms with Gasteiger partial charge < -0.3 is 0 Å². The molecule has 3 aromatic carbocycles. The van der Waals surface area contributed by atoms with E-state index in [0.29, 0.717) is 0 Å². The minimum absolute atomic E-state index is 1.24. The van der Waals surface area contributed by atoms with E-state index in [-0.39, 0.29) is 0 Å². The molecule has 0 saturated carbocycles. The number of hydrogen-bond acceptors (Lipinski definition) is 0. The fraction of sp³-hybridized carbons (Fsp3) is 0.154. The zero-order valence-corrected chi connectivity index (χ0v) is 16.1. The van der Waals surface area contributed by atoms with E-state index in [4.69, 9.17) is 0 Å². The molecule has 0 radical (unpaired) electrons. The first kappa shape index (κ1) is 17.9. The minimum Gasteiger partial charge on any atom is -0.0991 e. The summed E-state index contributed by atoms with van der Waals surface area (Å²) in [7, 11) is 0. The monoisotopic (exact) mass is 338 g/mol. The summed E-state index contributed by atoms with van der Waals surface area (Å²) in [5, 5.41) is 2.61. The molecule has 0 heterocycles. The molecule has 0 aliphatic rings. The summed E-state index contributed by atoms with van der Waals surface area (Å²) in [6, 6.07) is 17.9. The second-order valence-electron chi connectivity index (χ2n) is 6.85. The van der Waals surface area contributed by atoms with E-state index in [1.54, 1.807) is 0 Å². The molecule has 0 aromatic heterocycles. The standard InChI is InChI=1S/C26H26/c1-6-9-18(3)25-12-8-11-23-17-24(16-20(5)26(23)25)22-14-13-21(10-7-2)19(4)15-22/h6-17H,1H2,2-5H3. The first-order valence-electron chi connectivity index (χ1n) is 9.12. The van der Waals surface area contributed by atoms with Gasteiger partial charge >= 0.3 is 0 Å². The quantitative estimate of drug-likeness (QED) is 0.427. The molecule has 0 atom stereocenters. The fourth-order valence-electron chi connectivity index (χ4n) is 3.63. The summed E-state index contributed by atoms with van der Waals surface area (Å²) in [4.78, 5) is 0. The Balaban J connectivity index is 2.17. The van der Waals surface area contributed by atoms with E-state index in [2.05, 4.69) is 101 Å². The van der Waals surface area contributed by atoms with Gasteiger partial charge in [0.25, 0.3) is 0 Å². The number of fused-ring (bicyclic) bond motifs is 1. The van der Waals surface area contributed by atoms with Gasteiger partial charge in [0.2, 0.25) is 0 Å². The van der Waals surface area contributed by atoms with Crippen molar-refractivity contribution in [1.82, 2.24) is 0 Å². The molecule has 0 bridgehead atoms. The third-order valence-electron chi connectivity index (χ3n) is 4.92. The molecular formula is C26H26. The van der Waals surface area contributed by atoms with Crippen molar-refractivity contribution in [3.05, 3.63) is 95.6 Å². The maximum Gasteiger partial charge on any atom is -0.00790 e. The third kappa shape index (κ3) is 3.41. The van der Waals surface area contributed by atoms with Gasteiger partial charge in [-0.3, -0.25) is 0 Å². The minimum atomic E-state index is 1.24. The molecule has 0 N–H and O–H groups in total. The third-order valence-corrected chi connectivity index (χ3v) is 4.92. The van der Waals surface area contributed by atoms with Crippen LogP contribution in [0.15, 0.2) is 73.3 Å². The molecule has 0 unspecified atom stereocenters. The van der Waals surface area contributed by atoms with Gasteiger partial charge in [-0.1, -0.05) is 73.3 Å². The largest absolute Gasteiger partial charge is 0.0991 e. The summed E-state index contributed by atoms with van der Waals surface area (Å²) in [5.41, 5.74) is 8.95. The Morgan fingerprint density at radius 3 is 2.38 bits per heavy atom. The van der Waals surface area contributed by atoms with Crippen molar-refractivity contribution in [2.75, 3.05) is 0 Å². The van der Waals surface area contributed by atoms with Crippen LogP contribution in [0.5, 0.6) is 0 Å². The highest BCUT2D eigenvalue weighted by Crippen LogP contribution is 2.33. The molecule has 26 heavy (non-hydrogen) atoms. The number of hydrogen-bond donors (Lipinski definition) is 0. The van der Waals surface area contributed by atoms with Gasteiger partial charge in [0.05, 0.1) is 0 Å². The lowest BCUT2D eigenvalue weighted by Gasteiger charge is -2.13. The summed E-state index contributed by atoms with van der Waals surface area (Å²) >= 11 is 0. The molecule has 0 aliphatic heterocycles. The molecule has 3 rings (SSSR count). The molecule has 0 spiro atoms. The van der Waals surface area contributed by atoms with E-state index in [0.717, 1.165) is 0 Å². The van der Waals surface area contributed by atoms with Crippen molar-refractivity contribution < 1.29 is 0 Å². The van der Waals surface area contributed by atoms with Crippen molar-refractivity contribution in [2.24, 2.45) is 0 Å². The highest BCUT2D eigenvalue weighted by molar-refractivity contribution is 5.98. The zero-order chi connectivity index (χ0) is 18.7. The smallest absolute Gasteiger partial charge is 0.00790 e. The number of benzene rings is 3. The predicted octanol–water partition coefficient (Wildman–Crippen LogP) is 7.75. The lowest BCUT2D eigenvalue weighted by Crippen LogP contribution is -1.90. The normalized spacial score (nSPS) is 12.1. The maximum absolute atomic E-state index is 3.83. The van der Waals surface area contributed by atoms with Crippen LogP contribution in [0.3, 0.4) is 0 Å². The van der Waals surface area contributed by atoms with E-state index < -0.39 is 0 Å². The van der Waals surface area contributed by atoms with Crippen LogP contribution in [0.2, 0.25) is 0 Å². The average molecular weight is 338 g/mol.